The normalized spacial score (nSPS) is 20.0. The van der Waals surface area contributed by atoms with Crippen molar-refractivity contribution in [2.24, 2.45) is 13.0 Å². The molecule has 1 unspecified atom stereocenters. The van der Waals surface area contributed by atoms with Crippen LogP contribution in [-0.4, -0.2) is 60.2 Å². The van der Waals surface area contributed by atoms with Crippen LogP contribution in [0.4, 0.5) is 4.39 Å². The molecular formula is C27H32FN7S. The van der Waals surface area contributed by atoms with E-state index in [0.29, 0.717) is 6.04 Å². The van der Waals surface area contributed by atoms with Crippen molar-refractivity contribution >= 4 is 22.9 Å². The maximum Gasteiger partial charge on any atom is 0.153 e. The Balaban J connectivity index is 1.32. The second-order valence-electron chi connectivity index (χ2n) is 10.1. The van der Waals surface area contributed by atoms with Gasteiger partial charge >= 0.3 is 0 Å². The Morgan fingerprint density at radius 3 is 2.58 bits per heavy atom. The fraction of sp³-hybridized carbons (Fsp3) is 0.444. The lowest BCUT2D eigenvalue weighted by molar-refractivity contribution is 0.105. The molecular weight excluding hydrogens is 473 g/mol. The fourth-order valence-electron chi connectivity index (χ4n) is 5.76. The number of aromatic nitrogens is 5. The summed E-state index contributed by atoms with van der Waals surface area (Å²) in [5, 5.41) is 15.4. The molecule has 1 atom stereocenters. The highest BCUT2D eigenvalue weighted by Gasteiger charge is 2.32. The number of rotatable bonds is 6. The first-order valence-electron chi connectivity index (χ1n) is 12.8. The summed E-state index contributed by atoms with van der Waals surface area (Å²) in [6, 6.07) is 11.4. The number of aryl methyl sites for hydroxylation is 2. The van der Waals surface area contributed by atoms with E-state index in [0.717, 1.165) is 47.2 Å². The van der Waals surface area contributed by atoms with Gasteiger partial charge in [0.1, 0.15) is 5.82 Å². The highest BCUT2D eigenvalue weighted by molar-refractivity contribution is 7.97. The van der Waals surface area contributed by atoms with Crippen LogP contribution >= 0.6 is 11.9 Å². The van der Waals surface area contributed by atoms with Gasteiger partial charge in [-0.25, -0.2) is 13.4 Å². The molecule has 4 aromatic rings. The number of nitrogens with zero attached hydrogens (tertiary/aromatic N) is 7. The molecule has 0 spiro atoms. The molecule has 2 aromatic carbocycles. The van der Waals surface area contributed by atoms with Gasteiger partial charge < -0.3 is 0 Å². The highest BCUT2D eigenvalue weighted by atomic mass is 32.2. The summed E-state index contributed by atoms with van der Waals surface area (Å²) < 4.78 is 17.8. The minimum atomic E-state index is -0.239. The molecule has 2 aliphatic rings. The summed E-state index contributed by atoms with van der Waals surface area (Å²) in [5.74, 6) is 0.564. The molecule has 0 radical (unpaired) electrons. The topological polar surface area (TPSA) is 55.0 Å². The summed E-state index contributed by atoms with van der Waals surface area (Å²) in [5.41, 5.74) is 4.54. The molecule has 188 valence electrons. The molecule has 36 heavy (non-hydrogen) atoms. The highest BCUT2D eigenvalue weighted by Crippen LogP contribution is 2.37. The Hall–Kier alpha value is -2.75. The van der Waals surface area contributed by atoms with Crippen molar-refractivity contribution in [3.8, 4) is 5.69 Å². The van der Waals surface area contributed by atoms with Crippen LogP contribution in [0.3, 0.4) is 0 Å². The molecule has 1 aliphatic heterocycles. The van der Waals surface area contributed by atoms with Crippen LogP contribution in [0.1, 0.15) is 42.9 Å². The minimum absolute atomic E-state index is 0.239. The van der Waals surface area contributed by atoms with E-state index in [2.05, 4.69) is 43.6 Å². The average Bonchev–Trinajstić information content (AvgIpc) is 3.62. The van der Waals surface area contributed by atoms with Gasteiger partial charge in [0.15, 0.2) is 5.03 Å². The van der Waals surface area contributed by atoms with Gasteiger partial charge in [-0.2, -0.15) is 15.0 Å². The first kappa shape index (κ1) is 23.6. The zero-order chi connectivity index (χ0) is 24.6. The summed E-state index contributed by atoms with van der Waals surface area (Å²) in [6.45, 7) is 6.36. The molecule has 9 heteroatoms. The number of benzene rings is 2. The summed E-state index contributed by atoms with van der Waals surface area (Å²) in [4.78, 5) is 4.33. The standard InChI is InChI=1S/C27H32FN7S/c1-19-13-25-21(15-30-35(25)23-9-7-22(28)8-10-23)14-24(19)26-18-34(36-27-16-29-32(2)31-27)12-11-33(26)17-20-5-3-4-6-20/h7-10,13-16,20,26H,3-6,11-12,17-18H2,1-2H3. The molecule has 1 saturated heterocycles. The molecule has 3 heterocycles. The van der Waals surface area contributed by atoms with Gasteiger partial charge in [0, 0.05) is 44.7 Å². The van der Waals surface area contributed by atoms with Gasteiger partial charge in [-0.1, -0.05) is 12.8 Å². The predicted molar refractivity (Wildman–Crippen MR) is 140 cm³/mol. The quantitative estimate of drug-likeness (QED) is 0.338. The van der Waals surface area contributed by atoms with E-state index >= 15 is 0 Å². The second kappa shape index (κ2) is 9.95. The summed E-state index contributed by atoms with van der Waals surface area (Å²) in [7, 11) is 1.86. The van der Waals surface area contributed by atoms with E-state index in [1.807, 2.05) is 24.1 Å². The van der Waals surface area contributed by atoms with E-state index in [4.69, 9.17) is 0 Å². The van der Waals surface area contributed by atoms with Crippen LogP contribution in [0, 0.1) is 18.7 Å². The third kappa shape index (κ3) is 4.79. The van der Waals surface area contributed by atoms with Crippen molar-refractivity contribution in [1.82, 2.24) is 34.0 Å². The largest absolute Gasteiger partial charge is 0.293 e. The Morgan fingerprint density at radius 2 is 1.83 bits per heavy atom. The van der Waals surface area contributed by atoms with Crippen molar-refractivity contribution in [2.75, 3.05) is 26.2 Å². The van der Waals surface area contributed by atoms with E-state index in [1.165, 1.54) is 55.5 Å². The Labute approximate surface area is 215 Å². The monoisotopic (exact) mass is 505 g/mol. The van der Waals surface area contributed by atoms with E-state index in [1.54, 1.807) is 28.9 Å². The summed E-state index contributed by atoms with van der Waals surface area (Å²) >= 11 is 1.71. The first-order chi connectivity index (χ1) is 17.5. The van der Waals surface area contributed by atoms with Crippen LogP contribution in [0.5, 0.6) is 0 Å². The molecule has 0 amide bonds. The van der Waals surface area contributed by atoms with Gasteiger partial charge in [-0.15, -0.1) is 5.10 Å². The Morgan fingerprint density at radius 1 is 1.03 bits per heavy atom. The summed E-state index contributed by atoms with van der Waals surface area (Å²) in [6.07, 6.45) is 9.20. The molecule has 2 aromatic heterocycles. The molecule has 6 rings (SSSR count). The number of fused-ring (bicyclic) bond motifs is 1. The zero-order valence-electron chi connectivity index (χ0n) is 20.8. The third-order valence-corrected chi connectivity index (χ3v) is 8.57. The maximum atomic E-state index is 13.5. The van der Waals surface area contributed by atoms with Crippen LogP contribution < -0.4 is 0 Å². The number of halogens is 1. The molecule has 2 fully saturated rings. The Kier molecular flexibility index (Phi) is 6.54. The van der Waals surface area contributed by atoms with Crippen LogP contribution in [0.2, 0.25) is 0 Å². The van der Waals surface area contributed by atoms with Crippen molar-refractivity contribution in [3.05, 3.63) is 65.7 Å². The number of hydrogen-bond donors (Lipinski definition) is 0. The molecule has 1 aliphatic carbocycles. The Bertz CT molecular complexity index is 1340. The zero-order valence-corrected chi connectivity index (χ0v) is 21.7. The van der Waals surface area contributed by atoms with Crippen LogP contribution in [0.15, 0.2) is 53.8 Å². The van der Waals surface area contributed by atoms with Crippen molar-refractivity contribution in [1.29, 1.82) is 0 Å². The fourth-order valence-corrected chi connectivity index (χ4v) is 6.66. The molecule has 7 nitrogen and oxygen atoms in total. The van der Waals surface area contributed by atoms with E-state index in [9.17, 15) is 4.39 Å². The van der Waals surface area contributed by atoms with Gasteiger partial charge in [0.25, 0.3) is 0 Å². The van der Waals surface area contributed by atoms with Crippen LogP contribution in [0.25, 0.3) is 16.6 Å². The van der Waals surface area contributed by atoms with Crippen molar-refractivity contribution in [3.63, 3.8) is 0 Å². The average molecular weight is 506 g/mol. The van der Waals surface area contributed by atoms with E-state index < -0.39 is 0 Å². The maximum absolute atomic E-state index is 13.5. The lowest BCUT2D eigenvalue weighted by Gasteiger charge is -2.42. The van der Waals surface area contributed by atoms with Gasteiger partial charge in [0.05, 0.1) is 23.6 Å². The minimum Gasteiger partial charge on any atom is -0.293 e. The predicted octanol–water partition coefficient (Wildman–Crippen LogP) is 5.16. The van der Waals surface area contributed by atoms with Gasteiger partial charge in [-0.3, -0.25) is 4.90 Å². The smallest absolute Gasteiger partial charge is 0.153 e. The molecule has 0 N–H and O–H groups in total. The lowest BCUT2D eigenvalue weighted by Crippen LogP contribution is -2.47. The van der Waals surface area contributed by atoms with Crippen molar-refractivity contribution in [2.45, 2.75) is 43.7 Å². The third-order valence-electron chi connectivity index (χ3n) is 7.61. The first-order valence-corrected chi connectivity index (χ1v) is 13.6. The van der Waals surface area contributed by atoms with Gasteiger partial charge in [0.2, 0.25) is 0 Å². The van der Waals surface area contributed by atoms with Crippen molar-refractivity contribution < 1.29 is 4.39 Å². The molecule has 1 saturated carbocycles. The van der Waals surface area contributed by atoms with E-state index in [-0.39, 0.29) is 5.82 Å². The lowest BCUT2D eigenvalue weighted by atomic mass is 9.95. The number of piperazine rings is 1. The molecule has 0 bridgehead atoms. The van der Waals surface area contributed by atoms with Crippen LogP contribution in [-0.2, 0) is 7.05 Å². The second-order valence-corrected chi connectivity index (χ2v) is 11.2. The van der Waals surface area contributed by atoms with Gasteiger partial charge in [-0.05, 0) is 85.2 Å². The number of hydrogen-bond acceptors (Lipinski definition) is 6. The SMILES string of the molecule is Cc1cc2c(cnn2-c2ccc(F)cc2)cc1C1CN(Sc2cnn(C)n2)CCN1CC1CCCC1.